The number of aromatic nitrogens is 3. The van der Waals surface area contributed by atoms with Crippen LogP contribution in [0.5, 0.6) is 11.5 Å². The van der Waals surface area contributed by atoms with E-state index in [1.54, 1.807) is 18.5 Å². The van der Waals surface area contributed by atoms with Crippen molar-refractivity contribution in [3.8, 4) is 22.6 Å². The second-order valence-corrected chi connectivity index (χ2v) is 8.31. The van der Waals surface area contributed by atoms with Crippen molar-refractivity contribution >= 4 is 0 Å². The van der Waals surface area contributed by atoms with Crippen LogP contribution in [-0.4, -0.2) is 38.3 Å². The van der Waals surface area contributed by atoms with E-state index in [2.05, 4.69) is 53.0 Å². The van der Waals surface area contributed by atoms with Gasteiger partial charge in [0, 0.05) is 54.3 Å². The monoisotopic (exact) mass is 378 g/mol. The summed E-state index contributed by atoms with van der Waals surface area (Å²) in [5.74, 6) is 0.755. The molecular formula is C22H26N4O2. The molecule has 0 fully saturated rings. The van der Waals surface area contributed by atoms with Crippen LogP contribution in [0.2, 0.25) is 0 Å². The molecule has 4 rings (SSSR count). The van der Waals surface area contributed by atoms with Crippen LogP contribution in [-0.2, 0) is 18.5 Å². The van der Waals surface area contributed by atoms with Crippen molar-refractivity contribution in [2.45, 2.75) is 39.3 Å². The first-order valence-corrected chi connectivity index (χ1v) is 9.56. The molecule has 0 saturated carbocycles. The molecule has 6 heteroatoms. The van der Waals surface area contributed by atoms with Crippen LogP contribution >= 0.6 is 0 Å². The molecule has 6 nitrogen and oxygen atoms in total. The Morgan fingerprint density at radius 1 is 1.21 bits per heavy atom. The Morgan fingerprint density at radius 3 is 2.79 bits per heavy atom. The van der Waals surface area contributed by atoms with Gasteiger partial charge in [0.05, 0.1) is 5.69 Å². The number of ether oxygens (including phenoxy) is 1. The predicted octanol–water partition coefficient (Wildman–Crippen LogP) is 3.87. The summed E-state index contributed by atoms with van der Waals surface area (Å²) in [5.41, 5.74) is 5.05. The van der Waals surface area contributed by atoms with Crippen LogP contribution in [0.3, 0.4) is 0 Å². The van der Waals surface area contributed by atoms with E-state index in [-0.39, 0.29) is 11.2 Å². The summed E-state index contributed by atoms with van der Waals surface area (Å²) < 4.78 is 5.86. The van der Waals surface area contributed by atoms with Gasteiger partial charge < -0.3 is 9.84 Å². The molecule has 0 saturated heterocycles. The van der Waals surface area contributed by atoms with Gasteiger partial charge in [-0.05, 0) is 29.8 Å². The van der Waals surface area contributed by atoms with Gasteiger partial charge in [-0.1, -0.05) is 26.8 Å². The molecule has 2 aromatic heterocycles. The van der Waals surface area contributed by atoms with Gasteiger partial charge in [0.15, 0.2) is 11.5 Å². The maximum Gasteiger partial charge on any atom is 0.165 e. The first-order valence-electron chi connectivity index (χ1n) is 9.56. The SMILES string of the molecule is CC(C)(C)c1cc(CN2CCOc3c(O)cc(-c4cccnc4)cc3C2)[nH]n1. The highest BCUT2D eigenvalue weighted by atomic mass is 16.5. The Labute approximate surface area is 165 Å². The molecule has 0 spiro atoms. The Bertz CT molecular complexity index is 960. The number of H-pyrrole nitrogens is 1. The first kappa shape index (κ1) is 18.5. The molecule has 3 heterocycles. The summed E-state index contributed by atoms with van der Waals surface area (Å²) in [6, 6.07) is 9.85. The number of nitrogens with zero attached hydrogens (tertiary/aromatic N) is 3. The quantitative estimate of drug-likeness (QED) is 0.724. The summed E-state index contributed by atoms with van der Waals surface area (Å²) in [6.45, 7) is 9.24. The van der Waals surface area contributed by atoms with Crippen LogP contribution < -0.4 is 4.74 Å². The van der Waals surface area contributed by atoms with Crippen molar-refractivity contribution < 1.29 is 9.84 Å². The van der Waals surface area contributed by atoms with Crippen LogP contribution in [0, 0.1) is 0 Å². The molecule has 0 atom stereocenters. The minimum absolute atomic E-state index is 0.0215. The van der Waals surface area contributed by atoms with Gasteiger partial charge in [0.2, 0.25) is 0 Å². The molecule has 0 radical (unpaired) electrons. The van der Waals surface area contributed by atoms with E-state index in [9.17, 15) is 5.11 Å². The molecule has 0 unspecified atom stereocenters. The lowest BCUT2D eigenvalue weighted by atomic mass is 9.92. The Morgan fingerprint density at radius 2 is 2.07 bits per heavy atom. The third-order valence-corrected chi connectivity index (χ3v) is 4.98. The molecule has 2 N–H and O–H groups in total. The standard InChI is InChI=1S/C22H26N4O2/c1-22(2,3)20-11-18(24-25-20)14-26-7-8-28-21-17(13-26)9-16(10-19(21)27)15-5-4-6-23-12-15/h4-6,9-12,27H,7-8,13-14H2,1-3H3,(H,24,25). The van der Waals surface area contributed by atoms with Crippen molar-refractivity contribution in [3.05, 3.63) is 59.7 Å². The zero-order chi connectivity index (χ0) is 19.7. The number of nitrogens with one attached hydrogen (secondary N) is 1. The summed E-state index contributed by atoms with van der Waals surface area (Å²) in [4.78, 5) is 6.48. The number of hydrogen-bond acceptors (Lipinski definition) is 5. The van der Waals surface area contributed by atoms with Crippen LogP contribution in [0.25, 0.3) is 11.1 Å². The molecular weight excluding hydrogens is 352 g/mol. The van der Waals surface area contributed by atoms with Gasteiger partial charge in [0.25, 0.3) is 0 Å². The molecule has 0 amide bonds. The van der Waals surface area contributed by atoms with Crippen LogP contribution in [0.4, 0.5) is 0 Å². The minimum atomic E-state index is 0.0215. The van der Waals surface area contributed by atoms with Gasteiger partial charge in [-0.3, -0.25) is 15.0 Å². The lowest BCUT2D eigenvalue weighted by Gasteiger charge is -2.18. The molecule has 1 aliphatic rings. The summed E-state index contributed by atoms with van der Waals surface area (Å²) in [7, 11) is 0. The molecule has 1 aromatic carbocycles. The van der Waals surface area contributed by atoms with Gasteiger partial charge in [0.1, 0.15) is 6.61 Å². The lowest BCUT2D eigenvalue weighted by molar-refractivity contribution is 0.215. The van der Waals surface area contributed by atoms with Crippen molar-refractivity contribution in [2.75, 3.05) is 13.2 Å². The van der Waals surface area contributed by atoms with E-state index in [4.69, 9.17) is 4.74 Å². The Balaban J connectivity index is 1.59. The number of pyridine rings is 1. The van der Waals surface area contributed by atoms with E-state index in [0.717, 1.165) is 41.2 Å². The summed E-state index contributed by atoms with van der Waals surface area (Å²) in [5, 5.41) is 18.1. The average molecular weight is 378 g/mol. The normalized spacial score (nSPS) is 15.0. The van der Waals surface area contributed by atoms with Crippen molar-refractivity contribution in [1.29, 1.82) is 0 Å². The zero-order valence-corrected chi connectivity index (χ0v) is 16.6. The number of rotatable bonds is 3. The van der Waals surface area contributed by atoms with Crippen LogP contribution in [0.15, 0.2) is 42.7 Å². The summed E-state index contributed by atoms with van der Waals surface area (Å²) >= 11 is 0. The van der Waals surface area contributed by atoms with E-state index >= 15 is 0 Å². The summed E-state index contributed by atoms with van der Waals surface area (Å²) in [6.07, 6.45) is 3.54. The number of aromatic amines is 1. The fraction of sp³-hybridized carbons (Fsp3) is 0.364. The number of benzene rings is 1. The molecule has 0 aliphatic carbocycles. The zero-order valence-electron chi connectivity index (χ0n) is 16.6. The smallest absolute Gasteiger partial charge is 0.165 e. The fourth-order valence-electron chi connectivity index (χ4n) is 3.46. The van der Waals surface area contributed by atoms with E-state index in [0.29, 0.717) is 18.9 Å². The maximum absolute atomic E-state index is 10.5. The lowest BCUT2D eigenvalue weighted by Crippen LogP contribution is -2.25. The Hall–Kier alpha value is -2.86. The number of phenols is 1. The van der Waals surface area contributed by atoms with Crippen molar-refractivity contribution in [2.24, 2.45) is 0 Å². The number of hydrogen-bond donors (Lipinski definition) is 2. The number of fused-ring (bicyclic) bond motifs is 1. The minimum Gasteiger partial charge on any atom is -0.504 e. The molecule has 28 heavy (non-hydrogen) atoms. The predicted molar refractivity (Wildman–Crippen MR) is 108 cm³/mol. The molecule has 146 valence electrons. The molecule has 3 aromatic rings. The molecule has 0 bridgehead atoms. The van der Waals surface area contributed by atoms with Gasteiger partial charge in [-0.25, -0.2) is 0 Å². The van der Waals surface area contributed by atoms with Gasteiger partial charge >= 0.3 is 0 Å². The van der Waals surface area contributed by atoms with Crippen molar-refractivity contribution in [3.63, 3.8) is 0 Å². The van der Waals surface area contributed by atoms with E-state index in [1.165, 1.54) is 0 Å². The number of aromatic hydroxyl groups is 1. The number of phenolic OH excluding ortho intramolecular Hbond substituents is 1. The average Bonchev–Trinajstić information content (AvgIpc) is 3.03. The van der Waals surface area contributed by atoms with Gasteiger partial charge in [-0.2, -0.15) is 5.10 Å². The highest BCUT2D eigenvalue weighted by molar-refractivity contribution is 5.68. The second kappa shape index (κ2) is 7.28. The first-order chi connectivity index (χ1) is 13.4. The van der Waals surface area contributed by atoms with E-state index < -0.39 is 0 Å². The maximum atomic E-state index is 10.5. The topological polar surface area (TPSA) is 74.3 Å². The fourth-order valence-corrected chi connectivity index (χ4v) is 3.46. The second-order valence-electron chi connectivity index (χ2n) is 8.31. The molecule has 1 aliphatic heterocycles. The largest absolute Gasteiger partial charge is 0.504 e. The third-order valence-electron chi connectivity index (χ3n) is 4.98. The Kier molecular flexibility index (Phi) is 4.81. The highest BCUT2D eigenvalue weighted by Crippen LogP contribution is 2.37. The highest BCUT2D eigenvalue weighted by Gasteiger charge is 2.22. The third kappa shape index (κ3) is 3.87. The van der Waals surface area contributed by atoms with E-state index in [1.807, 2.05) is 12.1 Å². The van der Waals surface area contributed by atoms with Gasteiger partial charge in [-0.15, -0.1) is 0 Å². The van der Waals surface area contributed by atoms with Crippen LogP contribution in [0.1, 0.15) is 37.7 Å². The van der Waals surface area contributed by atoms with Crippen molar-refractivity contribution in [1.82, 2.24) is 20.1 Å².